The molecule has 0 unspecified atom stereocenters. The van der Waals surface area contributed by atoms with Crippen LogP contribution in [0.4, 0.5) is 0 Å². The van der Waals surface area contributed by atoms with Crippen molar-refractivity contribution in [3.8, 4) is 0 Å². The standard InChI is InChI=1S/C16H26NO3P/c1-5-19-21(18,20-6-2)16(12-13(16)3)17-14(4)15-10-8-7-9-11-15/h7-11,13-14,17H,5-6,12H2,1-4H3/t13-,14-,16-/m0/s1. The molecular weight excluding hydrogens is 285 g/mol. The molecule has 1 aromatic rings. The van der Waals surface area contributed by atoms with Gasteiger partial charge in [-0.05, 0) is 38.7 Å². The zero-order valence-corrected chi connectivity index (χ0v) is 14.2. The van der Waals surface area contributed by atoms with Crippen LogP contribution >= 0.6 is 7.60 Å². The fraction of sp³-hybridized carbons (Fsp3) is 0.625. The van der Waals surface area contributed by atoms with Gasteiger partial charge >= 0.3 is 7.60 Å². The molecule has 0 radical (unpaired) electrons. The molecule has 0 bridgehead atoms. The van der Waals surface area contributed by atoms with Crippen LogP contribution in [0.15, 0.2) is 30.3 Å². The summed E-state index contributed by atoms with van der Waals surface area (Å²) in [7, 11) is -3.15. The average Bonchev–Trinajstić information content (AvgIpc) is 3.12. The third kappa shape index (κ3) is 3.24. The highest BCUT2D eigenvalue weighted by Gasteiger charge is 2.66. The number of benzene rings is 1. The Balaban J connectivity index is 2.20. The molecule has 5 heteroatoms. The van der Waals surface area contributed by atoms with Crippen molar-refractivity contribution in [2.75, 3.05) is 13.2 Å². The van der Waals surface area contributed by atoms with Crippen molar-refractivity contribution in [3.63, 3.8) is 0 Å². The highest BCUT2D eigenvalue weighted by molar-refractivity contribution is 7.56. The van der Waals surface area contributed by atoms with Gasteiger partial charge in [-0.25, -0.2) is 0 Å². The largest absolute Gasteiger partial charge is 0.350 e. The fourth-order valence-electron chi connectivity index (χ4n) is 2.88. The Bertz CT molecular complexity index is 498. The molecule has 3 atom stereocenters. The van der Waals surface area contributed by atoms with Crippen molar-refractivity contribution in [2.24, 2.45) is 5.92 Å². The van der Waals surface area contributed by atoms with Crippen molar-refractivity contribution in [1.29, 1.82) is 0 Å². The summed E-state index contributed by atoms with van der Waals surface area (Å²) >= 11 is 0. The smallest absolute Gasteiger partial charge is 0.308 e. The van der Waals surface area contributed by atoms with Crippen LogP contribution in [-0.4, -0.2) is 18.5 Å². The van der Waals surface area contributed by atoms with Crippen LogP contribution in [0, 0.1) is 5.92 Å². The summed E-state index contributed by atoms with van der Waals surface area (Å²) in [5.74, 6) is 0.285. The maximum Gasteiger partial charge on any atom is 0.350 e. The van der Waals surface area contributed by atoms with E-state index in [0.29, 0.717) is 13.2 Å². The lowest BCUT2D eigenvalue weighted by molar-refractivity contribution is 0.199. The highest BCUT2D eigenvalue weighted by atomic mass is 31.2. The Hall–Kier alpha value is -0.670. The Morgan fingerprint density at radius 1 is 1.29 bits per heavy atom. The van der Waals surface area contributed by atoms with E-state index in [1.165, 1.54) is 5.56 Å². The maximum atomic E-state index is 13.2. The number of nitrogens with one attached hydrogen (secondary N) is 1. The molecule has 1 fully saturated rings. The quantitative estimate of drug-likeness (QED) is 0.726. The third-order valence-corrected chi connectivity index (χ3v) is 7.05. The number of hydrogen-bond acceptors (Lipinski definition) is 4. The summed E-state index contributed by atoms with van der Waals surface area (Å²) in [5, 5.41) is 2.98. The average molecular weight is 311 g/mol. The fourth-order valence-corrected chi connectivity index (χ4v) is 5.48. The molecule has 1 aliphatic rings. The van der Waals surface area contributed by atoms with E-state index in [1.54, 1.807) is 0 Å². The second-order valence-corrected chi connectivity index (χ2v) is 7.95. The molecule has 0 amide bonds. The van der Waals surface area contributed by atoms with Gasteiger partial charge in [0, 0.05) is 6.04 Å². The van der Waals surface area contributed by atoms with Crippen LogP contribution < -0.4 is 5.32 Å². The Labute approximate surface area is 127 Å². The lowest BCUT2D eigenvalue weighted by Gasteiger charge is -2.30. The van der Waals surface area contributed by atoms with Crippen LogP contribution in [0.3, 0.4) is 0 Å². The van der Waals surface area contributed by atoms with E-state index in [-0.39, 0.29) is 12.0 Å². The zero-order valence-electron chi connectivity index (χ0n) is 13.3. The molecule has 0 heterocycles. The molecule has 0 saturated heterocycles. The first kappa shape index (κ1) is 16.7. The molecule has 1 saturated carbocycles. The third-order valence-electron chi connectivity index (χ3n) is 4.13. The van der Waals surface area contributed by atoms with Crippen molar-refractivity contribution in [3.05, 3.63) is 35.9 Å². The van der Waals surface area contributed by atoms with Crippen molar-refractivity contribution in [1.82, 2.24) is 5.32 Å². The molecule has 21 heavy (non-hydrogen) atoms. The second-order valence-electron chi connectivity index (χ2n) is 5.64. The van der Waals surface area contributed by atoms with Crippen LogP contribution in [0.25, 0.3) is 0 Å². The van der Waals surface area contributed by atoms with Crippen LogP contribution in [0.2, 0.25) is 0 Å². The van der Waals surface area contributed by atoms with Gasteiger partial charge < -0.3 is 9.05 Å². The van der Waals surface area contributed by atoms with E-state index in [0.717, 1.165) is 6.42 Å². The predicted octanol–water partition coefficient (Wildman–Crippen LogP) is 4.34. The van der Waals surface area contributed by atoms with E-state index < -0.39 is 12.9 Å². The van der Waals surface area contributed by atoms with Crippen LogP contribution in [-0.2, 0) is 13.6 Å². The van der Waals surface area contributed by atoms with E-state index in [4.69, 9.17) is 9.05 Å². The Morgan fingerprint density at radius 2 is 1.81 bits per heavy atom. The van der Waals surface area contributed by atoms with Crippen molar-refractivity contribution < 1.29 is 13.6 Å². The zero-order chi connectivity index (χ0) is 15.5. The summed E-state index contributed by atoms with van der Waals surface area (Å²) < 4.78 is 24.3. The van der Waals surface area contributed by atoms with Gasteiger partial charge in [-0.15, -0.1) is 0 Å². The highest BCUT2D eigenvalue weighted by Crippen LogP contribution is 2.72. The van der Waals surface area contributed by atoms with E-state index >= 15 is 0 Å². The summed E-state index contributed by atoms with van der Waals surface area (Å²) in [5.41, 5.74) is 1.18. The topological polar surface area (TPSA) is 47.6 Å². The van der Waals surface area contributed by atoms with Crippen LogP contribution in [0.5, 0.6) is 0 Å². The second kappa shape index (κ2) is 6.62. The molecule has 4 nitrogen and oxygen atoms in total. The number of rotatable bonds is 8. The summed E-state index contributed by atoms with van der Waals surface area (Å²) in [6, 6.07) is 10.3. The first-order valence-electron chi connectivity index (χ1n) is 7.71. The van der Waals surface area contributed by atoms with Gasteiger partial charge in [0.25, 0.3) is 0 Å². The minimum absolute atomic E-state index is 0.102. The van der Waals surface area contributed by atoms with Gasteiger partial charge in [-0.3, -0.25) is 9.88 Å². The van der Waals surface area contributed by atoms with Gasteiger partial charge in [-0.1, -0.05) is 37.3 Å². The van der Waals surface area contributed by atoms with Gasteiger partial charge in [-0.2, -0.15) is 0 Å². The summed E-state index contributed by atoms with van der Waals surface area (Å²) in [6.07, 6.45) is 0.821. The first-order chi connectivity index (χ1) is 9.99. The molecule has 2 rings (SSSR count). The summed E-state index contributed by atoms with van der Waals surface area (Å²) in [6.45, 7) is 8.68. The van der Waals surface area contributed by atoms with Crippen LogP contribution in [0.1, 0.15) is 45.7 Å². The lowest BCUT2D eigenvalue weighted by Crippen LogP contribution is -2.36. The van der Waals surface area contributed by atoms with E-state index in [2.05, 4.69) is 31.3 Å². The SMILES string of the molecule is CCOP(=O)(OCC)[C@@]1(N[C@@H](C)c2ccccc2)C[C@@H]1C. The minimum atomic E-state index is -3.15. The molecule has 118 valence electrons. The molecule has 0 aliphatic heterocycles. The van der Waals surface area contributed by atoms with E-state index in [1.807, 2.05) is 32.0 Å². The van der Waals surface area contributed by atoms with E-state index in [9.17, 15) is 4.57 Å². The summed E-state index contributed by atoms with van der Waals surface area (Å²) in [4.78, 5) is 0. The monoisotopic (exact) mass is 311 g/mol. The molecule has 1 aliphatic carbocycles. The van der Waals surface area contributed by atoms with Gasteiger partial charge in [0.1, 0.15) is 5.28 Å². The molecular formula is C16H26NO3P. The van der Waals surface area contributed by atoms with Crippen molar-refractivity contribution >= 4 is 7.60 Å². The molecule has 0 spiro atoms. The maximum absolute atomic E-state index is 13.2. The number of hydrogen-bond donors (Lipinski definition) is 1. The van der Waals surface area contributed by atoms with Crippen molar-refractivity contribution in [2.45, 2.75) is 45.4 Å². The lowest BCUT2D eigenvalue weighted by atomic mass is 10.1. The minimum Gasteiger partial charge on any atom is -0.308 e. The Kier molecular flexibility index (Phi) is 5.26. The van der Waals surface area contributed by atoms with Gasteiger partial charge in [0.2, 0.25) is 0 Å². The normalized spacial score (nSPS) is 26.6. The predicted molar refractivity (Wildman–Crippen MR) is 85.4 cm³/mol. The molecule has 0 aromatic heterocycles. The Morgan fingerprint density at radius 3 is 2.24 bits per heavy atom. The molecule has 1 aromatic carbocycles. The molecule has 1 N–H and O–H groups in total. The van der Waals surface area contributed by atoms with Gasteiger partial charge in [0.05, 0.1) is 13.2 Å². The first-order valence-corrected chi connectivity index (χ1v) is 9.25. The van der Waals surface area contributed by atoms with Gasteiger partial charge in [0.15, 0.2) is 0 Å².